The molecule has 0 amide bonds. The van der Waals surface area contributed by atoms with Crippen molar-refractivity contribution in [2.45, 2.75) is 13.8 Å². The summed E-state index contributed by atoms with van der Waals surface area (Å²) in [5.74, 6) is 0.360. The second-order valence-electron chi connectivity index (χ2n) is 6.92. The van der Waals surface area contributed by atoms with Crippen LogP contribution in [0.4, 0.5) is 0 Å². The number of carbonyl (C=O) groups excluding carboxylic acids is 1. The van der Waals surface area contributed by atoms with Gasteiger partial charge in [0, 0.05) is 17.2 Å². The van der Waals surface area contributed by atoms with Crippen LogP contribution in [0, 0.1) is 13.8 Å². The van der Waals surface area contributed by atoms with Gasteiger partial charge in [-0.25, -0.2) is 4.79 Å². The lowest BCUT2D eigenvalue weighted by Gasteiger charge is -2.12. The molecule has 0 aliphatic rings. The van der Waals surface area contributed by atoms with E-state index in [1.807, 2.05) is 36.4 Å². The lowest BCUT2D eigenvalue weighted by Crippen LogP contribution is -2.00. The van der Waals surface area contributed by atoms with Crippen molar-refractivity contribution < 1.29 is 14.1 Å². The van der Waals surface area contributed by atoms with E-state index in [9.17, 15) is 4.79 Å². The fourth-order valence-electron chi connectivity index (χ4n) is 3.45. The van der Waals surface area contributed by atoms with Gasteiger partial charge in [0.15, 0.2) is 5.76 Å². The van der Waals surface area contributed by atoms with Gasteiger partial charge in [-0.2, -0.15) is 0 Å². The van der Waals surface area contributed by atoms with E-state index in [-0.39, 0.29) is 5.97 Å². The predicted octanol–water partition coefficient (Wildman–Crippen LogP) is 6.08. The van der Waals surface area contributed by atoms with E-state index < -0.39 is 0 Å². The van der Waals surface area contributed by atoms with Gasteiger partial charge in [0.25, 0.3) is 0 Å². The molecule has 0 aliphatic carbocycles. The van der Waals surface area contributed by atoms with Gasteiger partial charge in [-0.3, -0.25) is 0 Å². The number of methoxy groups -OCH3 is 1. The summed E-state index contributed by atoms with van der Waals surface area (Å²) in [7, 11) is 1.37. The molecule has 1 heterocycles. The summed E-state index contributed by atoms with van der Waals surface area (Å²) in [5.41, 5.74) is 7.91. The van der Waals surface area contributed by atoms with Gasteiger partial charge in [-0.05, 0) is 48.2 Å². The molecule has 0 unspecified atom stereocenters. The minimum absolute atomic E-state index is 0.359. The second-order valence-corrected chi connectivity index (χ2v) is 6.92. The molecule has 0 N–H and O–H groups in total. The van der Waals surface area contributed by atoms with Crippen LogP contribution in [0.5, 0.6) is 0 Å². The molecule has 0 saturated heterocycles. The van der Waals surface area contributed by atoms with E-state index in [1.54, 1.807) is 12.1 Å². The molecule has 144 valence electrons. The Kier molecular flexibility index (Phi) is 5.00. The fourth-order valence-corrected chi connectivity index (χ4v) is 3.45. The average molecular weight is 383 g/mol. The van der Waals surface area contributed by atoms with Crippen molar-refractivity contribution in [2.75, 3.05) is 7.11 Å². The standard InChI is InChI=1S/C25H21NO3/c1-16-17(2)22(14-13-21(16)18-7-5-4-6-8-18)24-15-23(26-29-24)19-9-11-20(12-10-19)25(27)28-3/h4-15H,1-3H3. The van der Waals surface area contributed by atoms with Crippen LogP contribution < -0.4 is 0 Å². The first kappa shape index (κ1) is 18.7. The smallest absolute Gasteiger partial charge is 0.337 e. The first-order valence-corrected chi connectivity index (χ1v) is 9.40. The van der Waals surface area contributed by atoms with Crippen LogP contribution in [0.2, 0.25) is 0 Å². The Morgan fingerprint density at radius 3 is 2.17 bits per heavy atom. The molecular formula is C25H21NO3. The number of aromatic nitrogens is 1. The molecule has 4 aromatic rings. The van der Waals surface area contributed by atoms with Gasteiger partial charge in [-0.1, -0.05) is 59.8 Å². The molecule has 0 spiro atoms. The van der Waals surface area contributed by atoms with Gasteiger partial charge in [0.2, 0.25) is 0 Å². The number of hydrogen-bond donors (Lipinski definition) is 0. The van der Waals surface area contributed by atoms with Crippen molar-refractivity contribution >= 4 is 5.97 Å². The Morgan fingerprint density at radius 1 is 0.828 bits per heavy atom. The molecule has 0 fully saturated rings. The van der Waals surface area contributed by atoms with Gasteiger partial charge in [0.1, 0.15) is 5.69 Å². The number of hydrogen-bond acceptors (Lipinski definition) is 4. The van der Waals surface area contributed by atoms with Crippen molar-refractivity contribution in [2.24, 2.45) is 0 Å². The SMILES string of the molecule is COC(=O)c1ccc(-c2cc(-c3ccc(-c4ccccc4)c(C)c3C)on2)cc1. The number of ether oxygens (including phenoxy) is 1. The van der Waals surface area contributed by atoms with Crippen LogP contribution in [0.3, 0.4) is 0 Å². The maximum atomic E-state index is 11.6. The first-order valence-electron chi connectivity index (χ1n) is 9.40. The van der Waals surface area contributed by atoms with Gasteiger partial charge < -0.3 is 9.26 Å². The lowest BCUT2D eigenvalue weighted by molar-refractivity contribution is 0.0601. The van der Waals surface area contributed by atoms with E-state index in [0.717, 1.165) is 28.1 Å². The highest BCUT2D eigenvalue weighted by Crippen LogP contribution is 2.34. The summed E-state index contributed by atoms with van der Waals surface area (Å²) in [6.07, 6.45) is 0. The van der Waals surface area contributed by atoms with E-state index in [1.165, 1.54) is 23.8 Å². The zero-order valence-corrected chi connectivity index (χ0v) is 16.6. The normalized spacial score (nSPS) is 10.7. The molecule has 4 heteroatoms. The van der Waals surface area contributed by atoms with Crippen LogP contribution in [0.1, 0.15) is 21.5 Å². The summed E-state index contributed by atoms with van der Waals surface area (Å²) in [6.45, 7) is 4.23. The Labute approximate surface area is 169 Å². The van der Waals surface area contributed by atoms with E-state index in [0.29, 0.717) is 5.56 Å². The highest BCUT2D eigenvalue weighted by molar-refractivity contribution is 5.90. The Bertz CT molecular complexity index is 1160. The third-order valence-corrected chi connectivity index (χ3v) is 5.25. The third-order valence-electron chi connectivity index (χ3n) is 5.25. The van der Waals surface area contributed by atoms with Crippen LogP contribution in [-0.2, 0) is 4.74 Å². The van der Waals surface area contributed by atoms with Crippen molar-refractivity contribution in [3.8, 4) is 33.7 Å². The molecule has 0 aliphatic heterocycles. The largest absolute Gasteiger partial charge is 0.465 e. The quantitative estimate of drug-likeness (QED) is 0.401. The maximum Gasteiger partial charge on any atom is 0.337 e. The van der Waals surface area contributed by atoms with Gasteiger partial charge in [-0.15, -0.1) is 0 Å². The summed E-state index contributed by atoms with van der Waals surface area (Å²) < 4.78 is 10.4. The number of carbonyl (C=O) groups is 1. The summed E-state index contributed by atoms with van der Waals surface area (Å²) >= 11 is 0. The molecule has 1 aromatic heterocycles. The van der Waals surface area contributed by atoms with Crippen molar-refractivity contribution in [1.29, 1.82) is 0 Å². The van der Waals surface area contributed by atoms with Gasteiger partial charge in [0.05, 0.1) is 12.7 Å². The molecule has 4 rings (SSSR count). The highest BCUT2D eigenvalue weighted by Gasteiger charge is 2.15. The van der Waals surface area contributed by atoms with Crippen molar-refractivity contribution in [1.82, 2.24) is 5.16 Å². The Hall–Kier alpha value is -3.66. The average Bonchev–Trinajstić information content (AvgIpc) is 3.25. The monoisotopic (exact) mass is 383 g/mol. The predicted molar refractivity (Wildman–Crippen MR) is 114 cm³/mol. The minimum atomic E-state index is -0.359. The first-order chi connectivity index (χ1) is 14.1. The van der Waals surface area contributed by atoms with Crippen molar-refractivity contribution in [3.63, 3.8) is 0 Å². The topological polar surface area (TPSA) is 52.3 Å². The summed E-state index contributed by atoms with van der Waals surface area (Å²) in [6, 6.07) is 23.6. The molecule has 0 radical (unpaired) electrons. The molecule has 0 bridgehead atoms. The number of esters is 1. The fraction of sp³-hybridized carbons (Fsp3) is 0.120. The Balaban J connectivity index is 1.66. The molecule has 29 heavy (non-hydrogen) atoms. The molecule has 4 nitrogen and oxygen atoms in total. The number of rotatable bonds is 4. The molecular weight excluding hydrogens is 362 g/mol. The molecule has 3 aromatic carbocycles. The molecule has 0 atom stereocenters. The highest BCUT2D eigenvalue weighted by atomic mass is 16.5. The van der Waals surface area contributed by atoms with Crippen LogP contribution in [0.25, 0.3) is 33.7 Å². The van der Waals surface area contributed by atoms with E-state index in [4.69, 9.17) is 9.26 Å². The van der Waals surface area contributed by atoms with E-state index >= 15 is 0 Å². The zero-order chi connectivity index (χ0) is 20.4. The van der Waals surface area contributed by atoms with Crippen LogP contribution in [0.15, 0.2) is 77.3 Å². The van der Waals surface area contributed by atoms with Gasteiger partial charge >= 0.3 is 5.97 Å². The summed E-state index contributed by atoms with van der Waals surface area (Å²) in [5, 5.41) is 4.22. The zero-order valence-electron chi connectivity index (χ0n) is 16.6. The number of nitrogens with zero attached hydrogens (tertiary/aromatic N) is 1. The van der Waals surface area contributed by atoms with Crippen molar-refractivity contribution in [3.05, 3.63) is 89.5 Å². The lowest BCUT2D eigenvalue weighted by atomic mass is 9.92. The Morgan fingerprint density at radius 2 is 1.48 bits per heavy atom. The number of benzene rings is 3. The third kappa shape index (κ3) is 3.57. The van der Waals surface area contributed by atoms with Crippen LogP contribution >= 0.6 is 0 Å². The second kappa shape index (κ2) is 7.76. The maximum absolute atomic E-state index is 11.6. The van der Waals surface area contributed by atoms with Crippen LogP contribution in [-0.4, -0.2) is 18.2 Å². The summed E-state index contributed by atoms with van der Waals surface area (Å²) in [4.78, 5) is 11.6. The molecule has 0 saturated carbocycles. The van der Waals surface area contributed by atoms with E-state index in [2.05, 4.69) is 43.3 Å². The minimum Gasteiger partial charge on any atom is -0.465 e.